The minimum absolute atomic E-state index is 0.186. The van der Waals surface area contributed by atoms with Gasteiger partial charge in [-0.3, -0.25) is 4.79 Å². The fraction of sp³-hybridized carbons (Fsp3) is 0.467. The van der Waals surface area contributed by atoms with Gasteiger partial charge in [-0.05, 0) is 24.3 Å². The molecule has 0 saturated heterocycles. The summed E-state index contributed by atoms with van der Waals surface area (Å²) in [6.45, 7) is 1.55. The van der Waals surface area contributed by atoms with Crippen molar-refractivity contribution in [3.8, 4) is 0 Å². The summed E-state index contributed by atoms with van der Waals surface area (Å²) in [5.41, 5.74) is 0.430. The van der Waals surface area contributed by atoms with Crippen molar-refractivity contribution in [3.63, 3.8) is 0 Å². The molecule has 4 N–H and O–H groups in total. The average Bonchev–Trinajstić information content (AvgIpc) is 2.44. The number of nitrogens with one attached hydrogen (secondary N) is 2. The molecule has 1 rings (SSSR count). The van der Waals surface area contributed by atoms with Crippen molar-refractivity contribution in [2.45, 2.75) is 18.9 Å². The normalized spacial score (nSPS) is 12.2. The second-order valence-electron chi connectivity index (χ2n) is 5.52. The van der Waals surface area contributed by atoms with Crippen molar-refractivity contribution < 1.29 is 29.3 Å². The Hall–Kier alpha value is -1.99. The van der Waals surface area contributed by atoms with Crippen molar-refractivity contribution in [2.24, 2.45) is 0 Å². The van der Waals surface area contributed by atoms with Crippen molar-refractivity contribution in [1.29, 1.82) is 0 Å². The molecule has 0 radical (unpaired) electrons. The third kappa shape index (κ3) is 7.14. The van der Waals surface area contributed by atoms with Gasteiger partial charge in [0.05, 0.1) is 39.6 Å². The van der Waals surface area contributed by atoms with Gasteiger partial charge in [0.25, 0.3) is 0 Å². The first-order valence-corrected chi connectivity index (χ1v) is 7.27. The summed E-state index contributed by atoms with van der Waals surface area (Å²) in [4.78, 5) is 24.2. The highest BCUT2D eigenvalue weighted by molar-refractivity contribution is 5.93. The van der Waals surface area contributed by atoms with Gasteiger partial charge in [-0.2, -0.15) is 0 Å². The standard InChI is InChI=1S/C15H22FN3O3/c1-19(2)9-3-8-17-13(15(21)22)10-14(20)18-12-6-4-11(16)5-7-12/h4-7,13,17H,3,8-10H2,1-2H3,(H,18,20)(H,21,22)/p+1/t13-/m0/s1. The number of carboxylic acids is 1. The van der Waals surface area contributed by atoms with Crippen LogP contribution in [0, 0.1) is 5.82 Å². The molecule has 0 saturated carbocycles. The molecule has 0 spiro atoms. The lowest BCUT2D eigenvalue weighted by Gasteiger charge is -2.16. The minimum atomic E-state index is -1.26. The topological polar surface area (TPSA) is 90.3 Å². The predicted molar refractivity (Wildman–Crippen MR) is 77.5 cm³/mol. The van der Waals surface area contributed by atoms with E-state index < -0.39 is 23.7 Å². The summed E-state index contributed by atoms with van der Waals surface area (Å²) in [6, 6.07) is 4.37. The van der Waals surface area contributed by atoms with Crippen LogP contribution in [0.5, 0.6) is 0 Å². The van der Waals surface area contributed by atoms with Gasteiger partial charge >= 0.3 is 0 Å². The Balaban J connectivity index is 2.43. The molecule has 1 aromatic rings. The molecule has 22 heavy (non-hydrogen) atoms. The number of carbonyl (C=O) groups excluding carboxylic acids is 2. The first-order chi connectivity index (χ1) is 10.4. The van der Waals surface area contributed by atoms with E-state index in [0.717, 1.165) is 13.0 Å². The first kappa shape index (κ1) is 18.1. The maximum Gasteiger partial charge on any atom is 0.230 e. The van der Waals surface area contributed by atoms with E-state index in [4.69, 9.17) is 0 Å². The summed E-state index contributed by atoms with van der Waals surface area (Å²) in [7, 11) is 4.04. The third-order valence-electron chi connectivity index (χ3n) is 3.17. The molecule has 0 fully saturated rings. The van der Waals surface area contributed by atoms with Crippen molar-refractivity contribution in [1.82, 2.24) is 0 Å². The number of benzene rings is 1. The van der Waals surface area contributed by atoms with Crippen molar-refractivity contribution in [2.75, 3.05) is 32.5 Å². The number of anilines is 1. The van der Waals surface area contributed by atoms with Crippen molar-refractivity contribution >= 4 is 17.6 Å². The molecule has 1 atom stereocenters. The lowest BCUT2D eigenvalue weighted by molar-refractivity contribution is -0.860. The fourth-order valence-electron chi connectivity index (χ4n) is 1.98. The molecule has 7 heteroatoms. The summed E-state index contributed by atoms with van der Waals surface area (Å²) < 4.78 is 12.8. The maximum absolute atomic E-state index is 12.8. The fourth-order valence-corrected chi connectivity index (χ4v) is 1.98. The molecule has 0 bridgehead atoms. The number of halogens is 1. The van der Waals surface area contributed by atoms with Crippen LogP contribution in [0.25, 0.3) is 0 Å². The zero-order valence-corrected chi connectivity index (χ0v) is 12.9. The third-order valence-corrected chi connectivity index (χ3v) is 3.17. The van der Waals surface area contributed by atoms with E-state index in [1.54, 1.807) is 5.32 Å². The van der Waals surface area contributed by atoms with Crippen LogP contribution >= 0.6 is 0 Å². The van der Waals surface area contributed by atoms with Gasteiger partial charge in [0.2, 0.25) is 5.91 Å². The minimum Gasteiger partial charge on any atom is -0.544 e. The Kier molecular flexibility index (Phi) is 7.48. The van der Waals surface area contributed by atoms with Crippen molar-refractivity contribution in [3.05, 3.63) is 30.1 Å². The first-order valence-electron chi connectivity index (χ1n) is 7.27. The lowest BCUT2D eigenvalue weighted by Crippen LogP contribution is -3.06. The number of quaternary nitrogens is 2. The highest BCUT2D eigenvalue weighted by Gasteiger charge is 2.18. The molecule has 122 valence electrons. The van der Waals surface area contributed by atoms with Gasteiger partial charge in [0, 0.05) is 12.1 Å². The smallest absolute Gasteiger partial charge is 0.230 e. The lowest BCUT2D eigenvalue weighted by atomic mass is 10.2. The monoisotopic (exact) mass is 312 g/mol. The molecule has 6 nitrogen and oxygen atoms in total. The summed E-state index contributed by atoms with van der Waals surface area (Å²) in [6.07, 6.45) is 0.667. The van der Waals surface area contributed by atoms with Crippen LogP contribution in [0.1, 0.15) is 12.8 Å². The number of aliphatic carboxylic acids is 1. The van der Waals surface area contributed by atoms with Crippen LogP contribution in [0.3, 0.4) is 0 Å². The molecule has 0 aliphatic heterocycles. The quantitative estimate of drug-likeness (QED) is 0.436. The van der Waals surface area contributed by atoms with Crippen LogP contribution in [0.15, 0.2) is 24.3 Å². The molecule has 0 aliphatic rings. The Bertz CT molecular complexity index is 491. The van der Waals surface area contributed by atoms with E-state index in [0.29, 0.717) is 12.2 Å². The van der Waals surface area contributed by atoms with Gasteiger partial charge < -0.3 is 25.4 Å². The molecule has 0 aromatic heterocycles. The molecular weight excluding hydrogens is 289 g/mol. The Morgan fingerprint density at radius 3 is 2.50 bits per heavy atom. The van der Waals surface area contributed by atoms with Gasteiger partial charge in [-0.25, -0.2) is 4.39 Å². The summed E-state index contributed by atoms with van der Waals surface area (Å²) in [5.74, 6) is -2.09. The largest absolute Gasteiger partial charge is 0.544 e. The molecular formula is C15H23FN3O3+. The van der Waals surface area contributed by atoms with Gasteiger partial charge in [0.15, 0.2) is 0 Å². The highest BCUT2D eigenvalue weighted by Crippen LogP contribution is 2.08. The SMILES string of the molecule is C[NH+](C)CCC[NH2+][C@@H](CC(=O)Nc1ccc(F)cc1)C(=O)[O-]. The Morgan fingerprint density at radius 2 is 1.95 bits per heavy atom. The van der Waals surface area contributed by atoms with Crippen LogP contribution in [0.4, 0.5) is 10.1 Å². The van der Waals surface area contributed by atoms with Gasteiger partial charge in [-0.1, -0.05) is 0 Å². The number of amides is 1. The number of carboxylic acid groups (broad SMARTS) is 1. The Labute approximate surface area is 129 Å². The number of hydrogen-bond acceptors (Lipinski definition) is 3. The van der Waals surface area contributed by atoms with E-state index in [-0.39, 0.29) is 6.42 Å². The zero-order valence-electron chi connectivity index (χ0n) is 12.9. The van der Waals surface area contributed by atoms with Crippen LogP contribution < -0.4 is 20.6 Å². The van der Waals surface area contributed by atoms with E-state index >= 15 is 0 Å². The maximum atomic E-state index is 12.8. The summed E-state index contributed by atoms with van der Waals surface area (Å²) in [5, 5.41) is 15.2. The zero-order chi connectivity index (χ0) is 16.5. The number of carbonyl (C=O) groups is 2. The molecule has 1 amide bonds. The second-order valence-corrected chi connectivity index (χ2v) is 5.52. The van der Waals surface area contributed by atoms with E-state index in [1.807, 2.05) is 14.1 Å². The molecule has 0 heterocycles. The van der Waals surface area contributed by atoms with Crippen LogP contribution in [0.2, 0.25) is 0 Å². The summed E-state index contributed by atoms with van der Waals surface area (Å²) >= 11 is 0. The predicted octanol–water partition coefficient (Wildman–Crippen LogP) is -2.63. The van der Waals surface area contributed by atoms with Crippen LogP contribution in [-0.4, -0.2) is 45.1 Å². The second kappa shape index (κ2) is 9.11. The van der Waals surface area contributed by atoms with Crippen LogP contribution in [-0.2, 0) is 9.59 Å². The van der Waals surface area contributed by atoms with Gasteiger partial charge in [0.1, 0.15) is 11.9 Å². The van der Waals surface area contributed by atoms with E-state index in [2.05, 4.69) is 5.32 Å². The molecule has 0 unspecified atom stereocenters. The number of nitrogens with two attached hydrogens (primary N) is 1. The Morgan fingerprint density at radius 1 is 1.32 bits per heavy atom. The van der Waals surface area contributed by atoms with E-state index in [1.165, 1.54) is 29.2 Å². The number of hydrogen-bond donors (Lipinski definition) is 3. The average molecular weight is 312 g/mol. The number of rotatable bonds is 9. The van der Waals surface area contributed by atoms with E-state index in [9.17, 15) is 19.1 Å². The highest BCUT2D eigenvalue weighted by atomic mass is 19.1. The molecule has 0 aliphatic carbocycles. The molecule has 1 aromatic carbocycles. The van der Waals surface area contributed by atoms with Gasteiger partial charge in [-0.15, -0.1) is 0 Å².